The van der Waals surface area contributed by atoms with Crippen LogP contribution in [0.4, 0.5) is 0 Å². The highest BCUT2D eigenvalue weighted by Gasteiger charge is 2.32. The summed E-state index contributed by atoms with van der Waals surface area (Å²) in [6, 6.07) is 3.95. The molecule has 1 aliphatic rings. The van der Waals surface area contributed by atoms with E-state index in [0.717, 1.165) is 0 Å². The van der Waals surface area contributed by atoms with Gasteiger partial charge in [0.25, 0.3) is 5.91 Å². The SMILES string of the molecule is CC(C)Oc1ccc(C(=O)N2C[C@@H](C)N(CCO)[C@@H](C)C2)nc1. The van der Waals surface area contributed by atoms with Crippen molar-refractivity contribution < 1.29 is 14.6 Å². The molecule has 1 fully saturated rings. The minimum absolute atomic E-state index is 0.0524. The van der Waals surface area contributed by atoms with Gasteiger partial charge in [-0.15, -0.1) is 0 Å². The molecule has 0 aliphatic carbocycles. The summed E-state index contributed by atoms with van der Waals surface area (Å²) in [7, 11) is 0. The third-order valence-electron chi connectivity index (χ3n) is 4.07. The van der Waals surface area contributed by atoms with Gasteiger partial charge >= 0.3 is 0 Å². The molecule has 6 nitrogen and oxygen atoms in total. The molecular weight excluding hydrogens is 294 g/mol. The van der Waals surface area contributed by atoms with E-state index < -0.39 is 0 Å². The monoisotopic (exact) mass is 321 g/mol. The first kappa shape index (κ1) is 17.7. The lowest BCUT2D eigenvalue weighted by molar-refractivity contribution is 0.0233. The molecule has 2 rings (SSSR count). The van der Waals surface area contributed by atoms with Crippen LogP contribution in [0.15, 0.2) is 18.3 Å². The lowest BCUT2D eigenvalue weighted by Crippen LogP contribution is -2.58. The van der Waals surface area contributed by atoms with Crippen LogP contribution in [0.5, 0.6) is 5.75 Å². The molecule has 0 unspecified atom stereocenters. The summed E-state index contributed by atoms with van der Waals surface area (Å²) < 4.78 is 5.55. The maximum absolute atomic E-state index is 12.6. The zero-order chi connectivity index (χ0) is 17.0. The summed E-state index contributed by atoms with van der Waals surface area (Å²) in [6.07, 6.45) is 1.68. The number of nitrogens with zero attached hydrogens (tertiary/aromatic N) is 3. The molecule has 1 N–H and O–H groups in total. The quantitative estimate of drug-likeness (QED) is 0.888. The van der Waals surface area contributed by atoms with Gasteiger partial charge in [-0.25, -0.2) is 4.98 Å². The number of β-amino-alcohol motifs (C(OH)–C–C–N with tert-alkyl or cyclic N) is 1. The zero-order valence-electron chi connectivity index (χ0n) is 14.4. The van der Waals surface area contributed by atoms with Gasteiger partial charge < -0.3 is 14.7 Å². The van der Waals surface area contributed by atoms with Crippen molar-refractivity contribution in [3.63, 3.8) is 0 Å². The molecule has 1 amide bonds. The molecule has 0 bridgehead atoms. The van der Waals surface area contributed by atoms with E-state index in [2.05, 4.69) is 23.7 Å². The van der Waals surface area contributed by atoms with E-state index in [9.17, 15) is 4.79 Å². The van der Waals surface area contributed by atoms with Crippen LogP contribution in [0.1, 0.15) is 38.2 Å². The summed E-state index contributed by atoms with van der Waals surface area (Å²) in [6.45, 7) is 10.1. The maximum Gasteiger partial charge on any atom is 0.272 e. The van der Waals surface area contributed by atoms with Crippen molar-refractivity contribution in [2.75, 3.05) is 26.2 Å². The molecular formula is C17H27N3O3. The van der Waals surface area contributed by atoms with Gasteiger partial charge in [0, 0.05) is 31.7 Å². The Morgan fingerprint density at radius 1 is 1.35 bits per heavy atom. The van der Waals surface area contributed by atoms with E-state index in [-0.39, 0.29) is 30.7 Å². The number of aromatic nitrogens is 1. The Kier molecular flexibility index (Phi) is 5.96. The van der Waals surface area contributed by atoms with E-state index in [1.165, 1.54) is 0 Å². The van der Waals surface area contributed by atoms with Crippen LogP contribution in [-0.2, 0) is 0 Å². The smallest absolute Gasteiger partial charge is 0.272 e. The van der Waals surface area contributed by atoms with Crippen LogP contribution in [0, 0.1) is 0 Å². The Bertz CT molecular complexity index is 506. The van der Waals surface area contributed by atoms with Crippen LogP contribution >= 0.6 is 0 Å². The fourth-order valence-corrected chi connectivity index (χ4v) is 3.09. The van der Waals surface area contributed by atoms with Gasteiger partial charge in [0.1, 0.15) is 11.4 Å². The Morgan fingerprint density at radius 3 is 2.48 bits per heavy atom. The fourth-order valence-electron chi connectivity index (χ4n) is 3.09. The number of carbonyl (C=O) groups is 1. The molecule has 2 atom stereocenters. The highest BCUT2D eigenvalue weighted by Crippen LogP contribution is 2.18. The highest BCUT2D eigenvalue weighted by molar-refractivity contribution is 5.92. The van der Waals surface area contributed by atoms with Crippen molar-refractivity contribution in [1.82, 2.24) is 14.8 Å². The molecule has 2 heterocycles. The standard InChI is InChI=1S/C17H27N3O3/c1-12(2)23-15-5-6-16(18-9-15)17(22)19-10-13(3)20(7-8-21)14(4)11-19/h5-6,9,12-14,21H,7-8,10-11H2,1-4H3/t13-,14+. The summed E-state index contributed by atoms with van der Waals surface area (Å²) >= 11 is 0. The van der Waals surface area contributed by atoms with Gasteiger partial charge in [-0.1, -0.05) is 0 Å². The Balaban J connectivity index is 2.03. The number of piperazine rings is 1. The third-order valence-corrected chi connectivity index (χ3v) is 4.07. The summed E-state index contributed by atoms with van der Waals surface area (Å²) in [5, 5.41) is 9.15. The average Bonchev–Trinajstić information content (AvgIpc) is 2.50. The molecule has 0 aromatic carbocycles. The van der Waals surface area contributed by atoms with Crippen LogP contribution < -0.4 is 4.74 Å². The number of ether oxygens (including phenoxy) is 1. The number of aliphatic hydroxyl groups excluding tert-OH is 1. The highest BCUT2D eigenvalue weighted by atomic mass is 16.5. The first-order valence-corrected chi connectivity index (χ1v) is 8.21. The molecule has 128 valence electrons. The van der Waals surface area contributed by atoms with Crippen LogP contribution in [0.25, 0.3) is 0 Å². The summed E-state index contributed by atoms with van der Waals surface area (Å²) in [5.74, 6) is 0.620. The lowest BCUT2D eigenvalue weighted by Gasteiger charge is -2.44. The summed E-state index contributed by atoms with van der Waals surface area (Å²) in [4.78, 5) is 21.0. The van der Waals surface area contributed by atoms with Crippen LogP contribution in [0.3, 0.4) is 0 Å². The Morgan fingerprint density at radius 2 is 2.00 bits per heavy atom. The Labute approximate surface area is 138 Å². The predicted molar refractivity (Wildman–Crippen MR) is 88.6 cm³/mol. The largest absolute Gasteiger partial charge is 0.489 e. The molecule has 0 radical (unpaired) electrons. The number of rotatable bonds is 5. The van der Waals surface area contributed by atoms with Crippen molar-refractivity contribution in [2.24, 2.45) is 0 Å². The second-order valence-electron chi connectivity index (χ2n) is 6.42. The normalized spacial score (nSPS) is 22.4. The first-order chi connectivity index (χ1) is 10.9. The van der Waals surface area contributed by atoms with E-state index in [4.69, 9.17) is 9.84 Å². The van der Waals surface area contributed by atoms with Gasteiger partial charge in [0.15, 0.2) is 0 Å². The Hall–Kier alpha value is -1.66. The van der Waals surface area contributed by atoms with E-state index in [1.54, 1.807) is 18.3 Å². The molecule has 0 spiro atoms. The second-order valence-corrected chi connectivity index (χ2v) is 6.42. The number of carbonyl (C=O) groups excluding carboxylic acids is 1. The second kappa shape index (κ2) is 7.75. The average molecular weight is 321 g/mol. The molecule has 23 heavy (non-hydrogen) atoms. The minimum Gasteiger partial charge on any atom is -0.489 e. The molecule has 1 aromatic heterocycles. The minimum atomic E-state index is -0.0524. The number of pyridine rings is 1. The topological polar surface area (TPSA) is 65.9 Å². The van der Waals surface area contributed by atoms with Crippen molar-refractivity contribution in [2.45, 2.75) is 45.9 Å². The van der Waals surface area contributed by atoms with E-state index in [1.807, 2.05) is 18.7 Å². The zero-order valence-corrected chi connectivity index (χ0v) is 14.4. The third kappa shape index (κ3) is 4.42. The summed E-state index contributed by atoms with van der Waals surface area (Å²) in [5.41, 5.74) is 0.441. The van der Waals surface area contributed by atoms with E-state index >= 15 is 0 Å². The van der Waals surface area contributed by atoms with Crippen LogP contribution in [-0.4, -0.2) is 70.2 Å². The number of hydrogen-bond acceptors (Lipinski definition) is 5. The number of hydrogen-bond donors (Lipinski definition) is 1. The van der Waals surface area contributed by atoms with Gasteiger partial charge in [0.05, 0.1) is 18.9 Å². The lowest BCUT2D eigenvalue weighted by atomic mass is 10.1. The number of amides is 1. The van der Waals surface area contributed by atoms with Crippen molar-refractivity contribution in [1.29, 1.82) is 0 Å². The van der Waals surface area contributed by atoms with Gasteiger partial charge in [-0.3, -0.25) is 9.69 Å². The molecule has 1 saturated heterocycles. The fraction of sp³-hybridized carbons (Fsp3) is 0.647. The van der Waals surface area contributed by atoms with Crippen molar-refractivity contribution in [3.05, 3.63) is 24.0 Å². The molecule has 1 aromatic rings. The molecule has 1 aliphatic heterocycles. The predicted octanol–water partition coefficient (Wildman–Crippen LogP) is 1.40. The number of aliphatic hydroxyl groups is 1. The van der Waals surface area contributed by atoms with E-state index in [0.29, 0.717) is 31.1 Å². The van der Waals surface area contributed by atoms with Crippen LogP contribution in [0.2, 0.25) is 0 Å². The van der Waals surface area contributed by atoms with Gasteiger partial charge in [0.2, 0.25) is 0 Å². The van der Waals surface area contributed by atoms with Gasteiger partial charge in [-0.05, 0) is 39.8 Å². The first-order valence-electron chi connectivity index (χ1n) is 8.21. The maximum atomic E-state index is 12.6. The molecule has 0 saturated carbocycles. The van der Waals surface area contributed by atoms with Crippen molar-refractivity contribution >= 4 is 5.91 Å². The van der Waals surface area contributed by atoms with Crippen molar-refractivity contribution in [3.8, 4) is 5.75 Å². The molecule has 6 heteroatoms. The van der Waals surface area contributed by atoms with Gasteiger partial charge in [-0.2, -0.15) is 0 Å².